The number of nitrogens with zero attached hydrogens (tertiary/aromatic N) is 2. The van der Waals surface area contributed by atoms with E-state index < -0.39 is 5.97 Å². The van der Waals surface area contributed by atoms with Gasteiger partial charge in [0.25, 0.3) is 0 Å². The molecule has 1 heterocycles. The van der Waals surface area contributed by atoms with Crippen molar-refractivity contribution in [2.24, 2.45) is 0 Å². The average molecular weight is 313 g/mol. The molecule has 1 aromatic carbocycles. The van der Waals surface area contributed by atoms with E-state index in [9.17, 15) is 4.79 Å². The highest BCUT2D eigenvalue weighted by atomic mass is 79.9. The van der Waals surface area contributed by atoms with Crippen molar-refractivity contribution in [2.45, 2.75) is 6.92 Å². The lowest BCUT2D eigenvalue weighted by Crippen LogP contribution is -2.03. The maximum atomic E-state index is 11.4. The molecule has 0 N–H and O–H groups in total. The van der Waals surface area contributed by atoms with E-state index in [0.717, 1.165) is 21.6 Å². The summed E-state index contributed by atoms with van der Waals surface area (Å²) in [6.45, 7) is 2.10. The van der Waals surface area contributed by atoms with Gasteiger partial charge in [-0.25, -0.2) is 9.78 Å². The number of benzene rings is 1. The van der Waals surface area contributed by atoms with Gasteiger partial charge in [-0.2, -0.15) is 4.37 Å². The Labute approximate surface area is 111 Å². The Morgan fingerprint density at radius 2 is 2.35 bits per heavy atom. The molecule has 6 heteroatoms. The SMILES string of the molecule is CCOC(=O)c1nc(-c2cccc(Br)c2)ns1. The summed E-state index contributed by atoms with van der Waals surface area (Å²) in [5.74, 6) is 0.116. The number of halogens is 1. The highest BCUT2D eigenvalue weighted by molar-refractivity contribution is 9.10. The van der Waals surface area contributed by atoms with Crippen LogP contribution in [0.25, 0.3) is 11.4 Å². The van der Waals surface area contributed by atoms with Crippen LogP contribution in [0.1, 0.15) is 16.7 Å². The first-order chi connectivity index (χ1) is 8.20. The highest BCUT2D eigenvalue weighted by Gasteiger charge is 2.14. The summed E-state index contributed by atoms with van der Waals surface area (Å²) in [5, 5.41) is 0.279. The van der Waals surface area contributed by atoms with Crippen molar-refractivity contribution in [3.63, 3.8) is 0 Å². The molecule has 0 fully saturated rings. The Bertz CT molecular complexity index is 542. The van der Waals surface area contributed by atoms with E-state index in [1.807, 2.05) is 24.3 Å². The first-order valence-electron chi connectivity index (χ1n) is 4.97. The number of aromatic nitrogens is 2. The Balaban J connectivity index is 2.27. The summed E-state index contributed by atoms with van der Waals surface area (Å²) >= 11 is 4.42. The van der Waals surface area contributed by atoms with Gasteiger partial charge in [0.2, 0.25) is 5.01 Å². The monoisotopic (exact) mass is 312 g/mol. The van der Waals surface area contributed by atoms with Crippen LogP contribution in [-0.4, -0.2) is 21.9 Å². The molecule has 0 amide bonds. The van der Waals surface area contributed by atoms with Gasteiger partial charge >= 0.3 is 5.97 Å². The van der Waals surface area contributed by atoms with E-state index in [2.05, 4.69) is 25.3 Å². The first-order valence-corrected chi connectivity index (χ1v) is 6.54. The molecule has 0 aliphatic rings. The quantitative estimate of drug-likeness (QED) is 0.817. The second kappa shape index (κ2) is 5.37. The fourth-order valence-corrected chi connectivity index (χ4v) is 2.22. The summed E-state index contributed by atoms with van der Waals surface area (Å²) in [6.07, 6.45) is 0. The van der Waals surface area contributed by atoms with Crippen LogP contribution in [0, 0.1) is 0 Å². The molecule has 0 aliphatic heterocycles. The lowest BCUT2D eigenvalue weighted by molar-refractivity contribution is 0.0526. The van der Waals surface area contributed by atoms with Crippen molar-refractivity contribution < 1.29 is 9.53 Å². The average Bonchev–Trinajstić information content (AvgIpc) is 2.78. The van der Waals surface area contributed by atoms with Crippen LogP contribution < -0.4 is 0 Å². The smallest absolute Gasteiger partial charge is 0.369 e. The van der Waals surface area contributed by atoms with E-state index in [1.165, 1.54) is 0 Å². The van der Waals surface area contributed by atoms with E-state index in [4.69, 9.17) is 4.74 Å². The molecule has 0 unspecified atom stereocenters. The molecule has 0 aliphatic carbocycles. The van der Waals surface area contributed by atoms with Crippen molar-refractivity contribution in [3.05, 3.63) is 33.7 Å². The van der Waals surface area contributed by atoms with Crippen molar-refractivity contribution in [2.75, 3.05) is 6.61 Å². The number of carbonyl (C=O) groups is 1. The van der Waals surface area contributed by atoms with Crippen LogP contribution in [0.5, 0.6) is 0 Å². The number of carbonyl (C=O) groups excluding carboxylic acids is 1. The normalized spacial score (nSPS) is 10.2. The molecular formula is C11H9BrN2O2S. The van der Waals surface area contributed by atoms with Gasteiger partial charge < -0.3 is 4.74 Å². The highest BCUT2D eigenvalue weighted by Crippen LogP contribution is 2.22. The molecule has 2 rings (SSSR count). The van der Waals surface area contributed by atoms with Crippen molar-refractivity contribution in [3.8, 4) is 11.4 Å². The van der Waals surface area contributed by atoms with Crippen molar-refractivity contribution in [1.82, 2.24) is 9.36 Å². The maximum absolute atomic E-state index is 11.4. The van der Waals surface area contributed by atoms with Crippen LogP contribution in [0.2, 0.25) is 0 Å². The molecule has 0 saturated carbocycles. The zero-order valence-electron chi connectivity index (χ0n) is 9.01. The third-order valence-corrected chi connectivity index (χ3v) is 3.15. The molecule has 88 valence electrons. The number of esters is 1. The van der Waals surface area contributed by atoms with Gasteiger partial charge in [-0.1, -0.05) is 28.1 Å². The molecule has 1 aromatic heterocycles. The largest absolute Gasteiger partial charge is 0.461 e. The third-order valence-electron chi connectivity index (χ3n) is 1.96. The summed E-state index contributed by atoms with van der Waals surface area (Å²) in [5.41, 5.74) is 0.867. The van der Waals surface area contributed by atoms with Crippen molar-refractivity contribution in [1.29, 1.82) is 0 Å². The Morgan fingerprint density at radius 1 is 1.53 bits per heavy atom. The minimum Gasteiger partial charge on any atom is -0.461 e. The number of hydrogen-bond acceptors (Lipinski definition) is 5. The molecule has 2 aromatic rings. The second-order valence-corrected chi connectivity index (χ2v) is 4.82. The van der Waals surface area contributed by atoms with Gasteiger partial charge in [-0.05, 0) is 30.6 Å². The summed E-state index contributed by atoms with van der Waals surface area (Å²) in [7, 11) is 0. The van der Waals surface area contributed by atoms with E-state index in [0.29, 0.717) is 12.4 Å². The molecule has 0 radical (unpaired) electrons. The Morgan fingerprint density at radius 3 is 3.06 bits per heavy atom. The van der Waals surface area contributed by atoms with Crippen LogP contribution in [0.4, 0.5) is 0 Å². The van der Waals surface area contributed by atoms with E-state index in [-0.39, 0.29) is 5.01 Å². The second-order valence-electron chi connectivity index (χ2n) is 3.15. The standard InChI is InChI=1S/C11H9BrN2O2S/c1-2-16-11(15)10-13-9(14-17-10)7-4-3-5-8(12)6-7/h3-6H,2H2,1H3. The van der Waals surface area contributed by atoms with Gasteiger partial charge in [-0.15, -0.1) is 0 Å². The summed E-state index contributed by atoms with van der Waals surface area (Å²) in [4.78, 5) is 15.6. The molecule has 0 spiro atoms. The third kappa shape index (κ3) is 2.89. The maximum Gasteiger partial charge on any atom is 0.369 e. The van der Waals surface area contributed by atoms with E-state index >= 15 is 0 Å². The lowest BCUT2D eigenvalue weighted by atomic mass is 10.2. The predicted octanol–water partition coefficient (Wildman–Crippen LogP) is 3.14. The first kappa shape index (κ1) is 12.2. The van der Waals surface area contributed by atoms with Crippen LogP contribution in [0.3, 0.4) is 0 Å². The van der Waals surface area contributed by atoms with E-state index in [1.54, 1.807) is 6.92 Å². The molecule has 17 heavy (non-hydrogen) atoms. The molecule has 0 saturated heterocycles. The van der Waals surface area contributed by atoms with Gasteiger partial charge in [0.05, 0.1) is 6.61 Å². The molecule has 0 bridgehead atoms. The minimum atomic E-state index is -0.425. The Kier molecular flexibility index (Phi) is 3.86. The van der Waals surface area contributed by atoms with Crippen LogP contribution >= 0.6 is 27.5 Å². The molecule has 4 nitrogen and oxygen atoms in total. The van der Waals surface area contributed by atoms with Crippen LogP contribution in [0.15, 0.2) is 28.7 Å². The minimum absolute atomic E-state index is 0.279. The molecule has 0 atom stereocenters. The fraction of sp³-hybridized carbons (Fsp3) is 0.182. The number of rotatable bonds is 3. The predicted molar refractivity (Wildman–Crippen MR) is 69.0 cm³/mol. The zero-order valence-corrected chi connectivity index (χ0v) is 11.4. The molecular weight excluding hydrogens is 304 g/mol. The zero-order chi connectivity index (χ0) is 12.3. The topological polar surface area (TPSA) is 52.1 Å². The Hall–Kier alpha value is -1.27. The number of hydrogen-bond donors (Lipinski definition) is 0. The lowest BCUT2D eigenvalue weighted by Gasteiger charge is -1.96. The number of ether oxygens (including phenoxy) is 1. The fourth-order valence-electron chi connectivity index (χ4n) is 1.24. The van der Waals surface area contributed by atoms with Gasteiger partial charge in [0.1, 0.15) is 0 Å². The van der Waals surface area contributed by atoms with Gasteiger partial charge in [0.15, 0.2) is 5.82 Å². The van der Waals surface area contributed by atoms with Crippen molar-refractivity contribution >= 4 is 33.4 Å². The van der Waals surface area contributed by atoms with Gasteiger partial charge in [-0.3, -0.25) is 0 Å². The summed E-state index contributed by atoms with van der Waals surface area (Å²) in [6, 6.07) is 7.60. The summed E-state index contributed by atoms with van der Waals surface area (Å²) < 4.78 is 9.95. The van der Waals surface area contributed by atoms with Crippen LogP contribution in [-0.2, 0) is 4.74 Å². The van der Waals surface area contributed by atoms with Gasteiger partial charge in [0, 0.05) is 10.0 Å².